The lowest BCUT2D eigenvalue weighted by molar-refractivity contribution is -0.138. The van der Waals surface area contributed by atoms with Crippen molar-refractivity contribution in [3.8, 4) is 0 Å². The van der Waals surface area contributed by atoms with Gasteiger partial charge in [-0.2, -0.15) is 0 Å². The first-order valence-electron chi connectivity index (χ1n) is 5.45. The Bertz CT molecular complexity index is 345. The van der Waals surface area contributed by atoms with E-state index < -0.39 is 37.4 Å². The van der Waals surface area contributed by atoms with Gasteiger partial charge >= 0.3 is 5.97 Å². The molecule has 1 atom stereocenters. The SMILES string of the molecule is NC(CO)(CO)CO.N[C@@H](Cc1cnc[nH]1)C(=O)O. The number of hydrogen-bond acceptors (Lipinski definition) is 7. The molecule has 0 bridgehead atoms. The molecule has 1 aromatic rings. The Morgan fingerprint density at radius 1 is 1.37 bits per heavy atom. The van der Waals surface area contributed by atoms with Crippen molar-refractivity contribution in [2.45, 2.75) is 18.0 Å². The summed E-state index contributed by atoms with van der Waals surface area (Å²) in [6.45, 7) is -1.21. The zero-order chi connectivity index (χ0) is 14.9. The van der Waals surface area contributed by atoms with Crippen molar-refractivity contribution in [2.75, 3.05) is 19.8 Å². The van der Waals surface area contributed by atoms with E-state index in [4.69, 9.17) is 31.9 Å². The van der Waals surface area contributed by atoms with E-state index in [0.29, 0.717) is 0 Å². The molecule has 19 heavy (non-hydrogen) atoms. The Balaban J connectivity index is 0.000000362. The van der Waals surface area contributed by atoms with Crippen LogP contribution in [0.2, 0.25) is 0 Å². The van der Waals surface area contributed by atoms with Crippen LogP contribution >= 0.6 is 0 Å². The summed E-state index contributed by atoms with van der Waals surface area (Å²) in [5, 5.41) is 33.4. The molecular formula is C10H20N4O5. The second-order valence-electron chi connectivity index (χ2n) is 4.06. The number of nitrogens with two attached hydrogens (primary N) is 2. The minimum atomic E-state index is -1.21. The number of hydrogen-bond donors (Lipinski definition) is 7. The van der Waals surface area contributed by atoms with Crippen LogP contribution in [0.3, 0.4) is 0 Å². The predicted octanol–water partition coefficient (Wildman–Crippen LogP) is -2.98. The number of aromatic nitrogens is 2. The fourth-order valence-corrected chi connectivity index (χ4v) is 0.871. The van der Waals surface area contributed by atoms with E-state index in [-0.39, 0.29) is 6.42 Å². The molecule has 0 spiro atoms. The number of aliphatic hydroxyl groups excluding tert-OH is 3. The number of imidazole rings is 1. The Morgan fingerprint density at radius 3 is 2.16 bits per heavy atom. The fourth-order valence-electron chi connectivity index (χ4n) is 0.871. The van der Waals surface area contributed by atoms with Crippen LogP contribution in [0.1, 0.15) is 5.69 Å². The third-order valence-electron chi connectivity index (χ3n) is 2.26. The second-order valence-corrected chi connectivity index (χ2v) is 4.06. The number of H-pyrrole nitrogens is 1. The normalized spacial score (nSPS) is 12.5. The molecule has 0 saturated carbocycles. The first-order valence-corrected chi connectivity index (χ1v) is 5.45. The number of aliphatic hydroxyl groups is 3. The smallest absolute Gasteiger partial charge is 0.320 e. The van der Waals surface area contributed by atoms with Gasteiger partial charge in [0.1, 0.15) is 6.04 Å². The van der Waals surface area contributed by atoms with Gasteiger partial charge < -0.3 is 36.9 Å². The number of rotatable bonds is 6. The molecule has 0 saturated heterocycles. The van der Waals surface area contributed by atoms with E-state index in [1.165, 1.54) is 6.33 Å². The van der Waals surface area contributed by atoms with E-state index >= 15 is 0 Å². The number of nitrogens with one attached hydrogen (secondary N) is 1. The summed E-state index contributed by atoms with van der Waals surface area (Å²) in [5.74, 6) is -1.00. The number of carboxylic acid groups (broad SMARTS) is 1. The molecule has 1 aromatic heterocycles. The summed E-state index contributed by atoms with van der Waals surface area (Å²) >= 11 is 0. The number of aromatic amines is 1. The van der Waals surface area contributed by atoms with Gasteiger partial charge in [-0.05, 0) is 0 Å². The van der Waals surface area contributed by atoms with E-state index in [9.17, 15) is 4.79 Å². The number of carboxylic acids is 1. The Labute approximate surface area is 109 Å². The van der Waals surface area contributed by atoms with Gasteiger partial charge in [0.2, 0.25) is 0 Å². The maximum Gasteiger partial charge on any atom is 0.320 e. The van der Waals surface area contributed by atoms with Gasteiger partial charge in [0, 0.05) is 18.3 Å². The number of aliphatic carboxylic acids is 1. The van der Waals surface area contributed by atoms with Crippen LogP contribution in [0.25, 0.3) is 0 Å². The highest BCUT2D eigenvalue weighted by Crippen LogP contribution is 1.95. The van der Waals surface area contributed by atoms with Gasteiger partial charge in [-0.15, -0.1) is 0 Å². The Kier molecular flexibility index (Phi) is 7.87. The standard InChI is InChI=1S/C6H9N3O2.C4H11NO3/c7-5(6(10)11)1-4-2-8-3-9-4;5-4(1-6,2-7)3-8/h2-3,5H,1,7H2,(H,8,9)(H,10,11);6-8H,1-3,5H2/t5-;/m0./s1. The van der Waals surface area contributed by atoms with Crippen LogP contribution in [-0.2, 0) is 11.2 Å². The molecule has 0 unspecified atom stereocenters. The van der Waals surface area contributed by atoms with Crippen LogP contribution < -0.4 is 11.5 Å². The highest BCUT2D eigenvalue weighted by molar-refractivity contribution is 5.73. The van der Waals surface area contributed by atoms with Gasteiger partial charge in [0.25, 0.3) is 0 Å². The topological polar surface area (TPSA) is 179 Å². The summed E-state index contributed by atoms with van der Waals surface area (Å²) in [6, 6.07) is -0.851. The molecule has 0 aliphatic heterocycles. The maximum absolute atomic E-state index is 10.3. The predicted molar refractivity (Wildman–Crippen MR) is 66.1 cm³/mol. The van der Waals surface area contributed by atoms with Crippen molar-refractivity contribution >= 4 is 5.97 Å². The lowest BCUT2D eigenvalue weighted by atomic mass is 10.1. The van der Waals surface area contributed by atoms with E-state index in [1.807, 2.05) is 0 Å². The van der Waals surface area contributed by atoms with Crippen molar-refractivity contribution < 1.29 is 25.2 Å². The number of nitrogens with zero attached hydrogens (tertiary/aromatic N) is 1. The van der Waals surface area contributed by atoms with Crippen LogP contribution in [0.5, 0.6) is 0 Å². The van der Waals surface area contributed by atoms with E-state index in [1.54, 1.807) is 6.20 Å². The molecule has 0 amide bonds. The van der Waals surface area contributed by atoms with Gasteiger partial charge in [-0.3, -0.25) is 4.79 Å². The molecule has 0 radical (unpaired) electrons. The molecule has 110 valence electrons. The van der Waals surface area contributed by atoms with Crippen LogP contribution in [-0.4, -0.2) is 67.8 Å². The minimum Gasteiger partial charge on any atom is -0.480 e. The van der Waals surface area contributed by atoms with Crippen molar-refractivity contribution in [3.63, 3.8) is 0 Å². The first-order chi connectivity index (χ1) is 8.88. The second kappa shape index (κ2) is 8.56. The summed E-state index contributed by atoms with van der Waals surface area (Å²) in [5.41, 5.74) is 9.93. The molecule has 1 rings (SSSR count). The summed E-state index contributed by atoms with van der Waals surface area (Å²) in [6.07, 6.45) is 3.34. The molecule has 9 nitrogen and oxygen atoms in total. The molecule has 0 aliphatic rings. The van der Waals surface area contributed by atoms with E-state index in [0.717, 1.165) is 5.69 Å². The van der Waals surface area contributed by atoms with Crippen LogP contribution in [0.15, 0.2) is 12.5 Å². The minimum absolute atomic E-state index is 0.287. The summed E-state index contributed by atoms with van der Waals surface area (Å²) < 4.78 is 0. The third kappa shape index (κ3) is 6.84. The van der Waals surface area contributed by atoms with E-state index in [2.05, 4.69) is 9.97 Å². The quantitative estimate of drug-likeness (QED) is 0.287. The van der Waals surface area contributed by atoms with Crippen LogP contribution in [0.4, 0.5) is 0 Å². The molecule has 0 fully saturated rings. The summed E-state index contributed by atoms with van der Waals surface area (Å²) in [7, 11) is 0. The maximum atomic E-state index is 10.3. The summed E-state index contributed by atoms with van der Waals surface area (Å²) in [4.78, 5) is 16.8. The molecular weight excluding hydrogens is 256 g/mol. The highest BCUT2D eigenvalue weighted by Gasteiger charge is 2.20. The lowest BCUT2D eigenvalue weighted by Gasteiger charge is -2.20. The average molecular weight is 276 g/mol. The Morgan fingerprint density at radius 2 is 1.89 bits per heavy atom. The lowest BCUT2D eigenvalue weighted by Crippen LogP contribution is -2.50. The first kappa shape index (κ1) is 17.5. The molecule has 9 N–H and O–H groups in total. The van der Waals surface area contributed by atoms with Crippen molar-refractivity contribution in [1.82, 2.24) is 9.97 Å². The Hall–Kier alpha value is -1.52. The largest absolute Gasteiger partial charge is 0.480 e. The zero-order valence-corrected chi connectivity index (χ0v) is 10.4. The monoisotopic (exact) mass is 276 g/mol. The van der Waals surface area contributed by atoms with Crippen molar-refractivity contribution in [3.05, 3.63) is 18.2 Å². The van der Waals surface area contributed by atoms with Gasteiger partial charge in [0.15, 0.2) is 0 Å². The zero-order valence-electron chi connectivity index (χ0n) is 10.4. The third-order valence-corrected chi connectivity index (χ3v) is 2.26. The van der Waals surface area contributed by atoms with Crippen molar-refractivity contribution in [1.29, 1.82) is 0 Å². The van der Waals surface area contributed by atoms with Crippen molar-refractivity contribution in [2.24, 2.45) is 11.5 Å². The highest BCUT2D eigenvalue weighted by atomic mass is 16.4. The van der Waals surface area contributed by atoms with Gasteiger partial charge in [-0.25, -0.2) is 4.98 Å². The van der Waals surface area contributed by atoms with Gasteiger partial charge in [-0.1, -0.05) is 0 Å². The van der Waals surface area contributed by atoms with Gasteiger partial charge in [0.05, 0.1) is 31.7 Å². The number of carbonyl (C=O) groups is 1. The fraction of sp³-hybridized carbons (Fsp3) is 0.600. The molecule has 0 aliphatic carbocycles. The van der Waals surface area contributed by atoms with Crippen LogP contribution in [0, 0.1) is 0 Å². The molecule has 0 aromatic carbocycles. The average Bonchev–Trinajstić information content (AvgIpc) is 2.91. The molecule has 9 heteroatoms. The molecule has 1 heterocycles.